The molecule has 0 aromatic carbocycles. The van der Waals surface area contributed by atoms with Crippen LogP contribution < -0.4 is 4.72 Å². The van der Waals surface area contributed by atoms with Gasteiger partial charge in [-0.1, -0.05) is 0 Å². The average molecular weight is 302 g/mol. The Kier molecular flexibility index (Phi) is 4.27. The molecule has 1 saturated heterocycles. The van der Waals surface area contributed by atoms with E-state index in [2.05, 4.69) is 4.72 Å². The van der Waals surface area contributed by atoms with Gasteiger partial charge in [-0.15, -0.1) is 11.3 Å². The van der Waals surface area contributed by atoms with Crippen molar-refractivity contribution in [2.45, 2.75) is 30.9 Å². The first kappa shape index (κ1) is 14.5. The maximum absolute atomic E-state index is 12.0. The Morgan fingerprint density at radius 2 is 2.00 bits per heavy atom. The highest BCUT2D eigenvalue weighted by Gasteiger charge is 2.22. The van der Waals surface area contributed by atoms with Crippen LogP contribution in [0.2, 0.25) is 0 Å². The fraction of sp³-hybridized carbons (Fsp3) is 0.583. The smallest absolute Gasteiger partial charge is 0.250 e. The maximum atomic E-state index is 12.0. The van der Waals surface area contributed by atoms with Crippen LogP contribution in [0.3, 0.4) is 0 Å². The molecule has 106 valence electrons. The lowest BCUT2D eigenvalue weighted by atomic mass is 10.3. The van der Waals surface area contributed by atoms with E-state index in [0.717, 1.165) is 36.4 Å². The van der Waals surface area contributed by atoms with Gasteiger partial charge in [0.1, 0.15) is 4.21 Å². The molecule has 1 aromatic heterocycles. The van der Waals surface area contributed by atoms with E-state index >= 15 is 0 Å². The summed E-state index contributed by atoms with van der Waals surface area (Å²) in [5.74, 6) is -0.147. The Hall–Kier alpha value is -0.920. The van der Waals surface area contributed by atoms with Gasteiger partial charge in [0.2, 0.25) is 5.91 Å². The Labute approximate surface area is 117 Å². The number of hydrogen-bond donors (Lipinski definition) is 1. The Morgan fingerprint density at radius 1 is 1.37 bits per heavy atom. The third-order valence-corrected chi connectivity index (χ3v) is 6.31. The summed E-state index contributed by atoms with van der Waals surface area (Å²) in [5.41, 5.74) is 0.955. The number of likely N-dealkylation sites (tertiary alicyclic amines) is 1. The summed E-state index contributed by atoms with van der Waals surface area (Å²) >= 11 is 1.23. The zero-order valence-corrected chi connectivity index (χ0v) is 12.7. The first-order chi connectivity index (χ1) is 8.90. The standard InChI is InChI=1S/C12H18N2O3S2/c1-9-7-12(18-10(9)2)19(16,17)13-8-11(15)14-5-3-4-6-14/h7,13H,3-6,8H2,1-2H3. The summed E-state index contributed by atoms with van der Waals surface area (Å²) in [6.45, 7) is 5.07. The first-order valence-electron chi connectivity index (χ1n) is 6.24. The van der Waals surface area contributed by atoms with Crippen molar-refractivity contribution in [3.8, 4) is 0 Å². The number of nitrogens with one attached hydrogen (secondary N) is 1. The fourth-order valence-corrected chi connectivity index (χ4v) is 4.51. The molecule has 1 aliphatic rings. The summed E-state index contributed by atoms with van der Waals surface area (Å²) in [6.07, 6.45) is 2.00. The van der Waals surface area contributed by atoms with E-state index in [1.54, 1.807) is 11.0 Å². The second-order valence-corrected chi connectivity index (χ2v) is 7.97. The van der Waals surface area contributed by atoms with E-state index in [1.165, 1.54) is 11.3 Å². The molecule has 1 aromatic rings. The Morgan fingerprint density at radius 3 is 2.53 bits per heavy atom. The van der Waals surface area contributed by atoms with E-state index in [4.69, 9.17) is 0 Å². The van der Waals surface area contributed by atoms with Gasteiger partial charge in [-0.3, -0.25) is 4.79 Å². The summed E-state index contributed by atoms with van der Waals surface area (Å²) in [6, 6.07) is 1.64. The van der Waals surface area contributed by atoms with E-state index in [9.17, 15) is 13.2 Å². The van der Waals surface area contributed by atoms with Crippen molar-refractivity contribution in [1.29, 1.82) is 0 Å². The number of rotatable bonds is 4. The van der Waals surface area contributed by atoms with Crippen molar-refractivity contribution in [2.75, 3.05) is 19.6 Å². The summed E-state index contributed by atoms with van der Waals surface area (Å²) in [5, 5.41) is 0. The normalized spacial score (nSPS) is 16.0. The number of nitrogens with zero attached hydrogens (tertiary/aromatic N) is 1. The molecule has 2 heterocycles. The predicted molar refractivity (Wildman–Crippen MR) is 74.8 cm³/mol. The molecule has 19 heavy (non-hydrogen) atoms. The molecule has 5 nitrogen and oxygen atoms in total. The molecule has 0 saturated carbocycles. The summed E-state index contributed by atoms with van der Waals surface area (Å²) in [7, 11) is -3.57. The zero-order valence-electron chi connectivity index (χ0n) is 11.1. The maximum Gasteiger partial charge on any atom is 0.250 e. The molecule has 1 N–H and O–H groups in total. The van der Waals surface area contributed by atoms with Crippen molar-refractivity contribution >= 4 is 27.3 Å². The van der Waals surface area contributed by atoms with Crippen LogP contribution in [0.5, 0.6) is 0 Å². The first-order valence-corrected chi connectivity index (χ1v) is 8.54. The van der Waals surface area contributed by atoms with Crippen molar-refractivity contribution in [1.82, 2.24) is 9.62 Å². The van der Waals surface area contributed by atoms with Gasteiger partial charge in [0.25, 0.3) is 10.0 Å². The van der Waals surface area contributed by atoms with Crippen LogP contribution in [0, 0.1) is 13.8 Å². The highest BCUT2D eigenvalue weighted by molar-refractivity contribution is 7.91. The number of sulfonamides is 1. The number of aryl methyl sites for hydroxylation is 2. The van der Waals surface area contributed by atoms with Gasteiger partial charge in [0.05, 0.1) is 6.54 Å². The topological polar surface area (TPSA) is 66.5 Å². The second-order valence-electron chi connectivity index (χ2n) is 4.72. The van der Waals surface area contributed by atoms with Crippen molar-refractivity contribution in [3.63, 3.8) is 0 Å². The van der Waals surface area contributed by atoms with E-state index in [1.807, 2.05) is 13.8 Å². The molecule has 0 bridgehead atoms. The molecule has 0 unspecified atom stereocenters. The van der Waals surface area contributed by atoms with Gasteiger partial charge in [0, 0.05) is 18.0 Å². The lowest BCUT2D eigenvalue weighted by molar-refractivity contribution is -0.128. The SMILES string of the molecule is Cc1cc(S(=O)(=O)NCC(=O)N2CCCC2)sc1C. The van der Waals surface area contributed by atoms with Crippen molar-refractivity contribution in [3.05, 3.63) is 16.5 Å². The molecule has 7 heteroatoms. The van der Waals surface area contributed by atoms with Crippen LogP contribution >= 0.6 is 11.3 Å². The van der Waals surface area contributed by atoms with Crippen LogP contribution in [-0.2, 0) is 14.8 Å². The predicted octanol–water partition coefficient (Wildman–Crippen LogP) is 1.27. The quantitative estimate of drug-likeness (QED) is 0.910. The van der Waals surface area contributed by atoms with Gasteiger partial charge in [-0.25, -0.2) is 13.1 Å². The molecule has 2 rings (SSSR count). The summed E-state index contributed by atoms with van der Waals surface area (Å²) < 4.78 is 26.7. The molecular formula is C12H18N2O3S2. The van der Waals surface area contributed by atoms with E-state index in [0.29, 0.717) is 0 Å². The van der Waals surface area contributed by atoms with E-state index < -0.39 is 10.0 Å². The molecule has 1 amide bonds. The average Bonchev–Trinajstić information content (AvgIpc) is 2.98. The number of carbonyl (C=O) groups is 1. The van der Waals surface area contributed by atoms with Gasteiger partial charge >= 0.3 is 0 Å². The third-order valence-electron chi connectivity index (χ3n) is 3.28. The van der Waals surface area contributed by atoms with Crippen LogP contribution in [-0.4, -0.2) is 38.9 Å². The molecular weight excluding hydrogens is 284 g/mol. The summed E-state index contributed by atoms with van der Waals surface area (Å²) in [4.78, 5) is 14.5. The highest BCUT2D eigenvalue weighted by Crippen LogP contribution is 2.24. The molecule has 0 atom stereocenters. The molecule has 1 fully saturated rings. The minimum Gasteiger partial charge on any atom is -0.342 e. The van der Waals surface area contributed by atoms with Crippen LogP contribution in [0.1, 0.15) is 23.3 Å². The lowest BCUT2D eigenvalue weighted by Crippen LogP contribution is -2.38. The van der Waals surface area contributed by atoms with Crippen molar-refractivity contribution in [2.24, 2.45) is 0 Å². The Balaban J connectivity index is 1.99. The number of thiophene rings is 1. The third kappa shape index (κ3) is 3.34. The van der Waals surface area contributed by atoms with E-state index in [-0.39, 0.29) is 16.7 Å². The van der Waals surface area contributed by atoms with Gasteiger partial charge in [0.15, 0.2) is 0 Å². The Bertz CT molecular complexity index is 552. The fourth-order valence-electron chi connectivity index (χ4n) is 1.98. The highest BCUT2D eigenvalue weighted by atomic mass is 32.2. The van der Waals surface area contributed by atoms with Crippen molar-refractivity contribution < 1.29 is 13.2 Å². The van der Waals surface area contributed by atoms with Gasteiger partial charge in [-0.2, -0.15) is 0 Å². The minimum atomic E-state index is -3.57. The molecule has 0 spiro atoms. The lowest BCUT2D eigenvalue weighted by Gasteiger charge is -2.15. The molecule has 1 aliphatic heterocycles. The number of amides is 1. The van der Waals surface area contributed by atoms with Crippen LogP contribution in [0.4, 0.5) is 0 Å². The second kappa shape index (κ2) is 5.60. The molecule has 0 aliphatic carbocycles. The largest absolute Gasteiger partial charge is 0.342 e. The number of hydrogen-bond acceptors (Lipinski definition) is 4. The number of carbonyl (C=O) groups excluding carboxylic acids is 1. The zero-order chi connectivity index (χ0) is 14.0. The monoisotopic (exact) mass is 302 g/mol. The van der Waals surface area contributed by atoms with Crippen LogP contribution in [0.25, 0.3) is 0 Å². The minimum absolute atomic E-state index is 0.147. The molecule has 0 radical (unpaired) electrons. The van der Waals surface area contributed by atoms with Gasteiger partial charge < -0.3 is 4.90 Å². The van der Waals surface area contributed by atoms with Gasteiger partial charge in [-0.05, 0) is 38.3 Å². The van der Waals surface area contributed by atoms with Crippen LogP contribution in [0.15, 0.2) is 10.3 Å².